The van der Waals surface area contributed by atoms with Crippen molar-refractivity contribution in [3.8, 4) is 11.5 Å². The standard InChI is InChI=1S/C29H45N5O6/c1-6-9-23(13-17-39-21(4)35)32-28-25(20(3)31-29(30)33-28)18-22-10-11-24(19-26(22)38-5)40-16-8-14-34(7-2)15-12-27(36)37/h10-11,19,23H,6-9,12-18H2,1-5H3,(H,36,37)(H3,30,31,32,33). The number of nitrogens with zero attached hydrogens (tertiary/aromatic N) is 3. The van der Waals surface area contributed by atoms with Crippen LogP contribution in [0.2, 0.25) is 0 Å². The number of rotatable bonds is 19. The molecule has 11 nitrogen and oxygen atoms in total. The topological polar surface area (TPSA) is 149 Å². The number of ether oxygens (including phenoxy) is 3. The van der Waals surface area contributed by atoms with Crippen LogP contribution in [0.3, 0.4) is 0 Å². The monoisotopic (exact) mass is 559 g/mol. The summed E-state index contributed by atoms with van der Waals surface area (Å²) in [5.41, 5.74) is 8.64. The number of anilines is 2. The van der Waals surface area contributed by atoms with Crippen molar-refractivity contribution in [1.82, 2.24) is 14.9 Å². The van der Waals surface area contributed by atoms with Crippen LogP contribution in [0.25, 0.3) is 0 Å². The van der Waals surface area contributed by atoms with Crippen LogP contribution in [0.1, 0.15) is 69.7 Å². The molecule has 0 aliphatic heterocycles. The Hall–Kier alpha value is -3.60. The number of methoxy groups -OCH3 is 1. The Morgan fingerprint density at radius 2 is 1.93 bits per heavy atom. The lowest BCUT2D eigenvalue weighted by Crippen LogP contribution is -2.28. The van der Waals surface area contributed by atoms with Crippen molar-refractivity contribution in [1.29, 1.82) is 0 Å². The van der Waals surface area contributed by atoms with Crippen LogP contribution in [0.5, 0.6) is 11.5 Å². The van der Waals surface area contributed by atoms with Crippen LogP contribution in [0.15, 0.2) is 18.2 Å². The molecule has 1 unspecified atom stereocenters. The predicted octanol–water partition coefficient (Wildman–Crippen LogP) is 4.07. The Morgan fingerprint density at radius 1 is 1.15 bits per heavy atom. The number of aliphatic carboxylic acids is 1. The fourth-order valence-corrected chi connectivity index (χ4v) is 4.44. The van der Waals surface area contributed by atoms with Gasteiger partial charge in [-0.05, 0) is 37.9 Å². The third kappa shape index (κ3) is 11.3. The number of aromatic nitrogens is 2. The van der Waals surface area contributed by atoms with E-state index in [1.54, 1.807) is 7.11 Å². The van der Waals surface area contributed by atoms with Gasteiger partial charge in [-0.1, -0.05) is 26.3 Å². The summed E-state index contributed by atoms with van der Waals surface area (Å²) in [6.07, 6.45) is 3.94. The molecule has 4 N–H and O–H groups in total. The molecule has 2 rings (SSSR count). The van der Waals surface area contributed by atoms with Gasteiger partial charge in [0.05, 0.1) is 26.7 Å². The van der Waals surface area contributed by atoms with E-state index in [0.717, 1.165) is 49.2 Å². The van der Waals surface area contributed by atoms with Gasteiger partial charge in [0.1, 0.15) is 17.3 Å². The molecule has 2 aromatic rings. The third-order valence-corrected chi connectivity index (χ3v) is 6.58. The van der Waals surface area contributed by atoms with Gasteiger partial charge in [-0.2, -0.15) is 4.98 Å². The quantitative estimate of drug-likeness (QED) is 0.169. The molecule has 1 heterocycles. The number of hydrogen-bond donors (Lipinski definition) is 3. The molecule has 0 fully saturated rings. The molecule has 0 saturated carbocycles. The van der Waals surface area contributed by atoms with E-state index in [-0.39, 0.29) is 24.4 Å². The zero-order valence-corrected chi connectivity index (χ0v) is 24.5. The minimum atomic E-state index is -0.787. The van der Waals surface area contributed by atoms with Gasteiger partial charge in [0.25, 0.3) is 0 Å². The normalized spacial score (nSPS) is 11.8. The number of hydrogen-bond acceptors (Lipinski definition) is 10. The maximum absolute atomic E-state index is 11.2. The van der Waals surface area contributed by atoms with Gasteiger partial charge in [-0.25, -0.2) is 4.98 Å². The summed E-state index contributed by atoms with van der Waals surface area (Å²) in [4.78, 5) is 33.0. The smallest absolute Gasteiger partial charge is 0.304 e. The van der Waals surface area contributed by atoms with Crippen molar-refractivity contribution < 1.29 is 28.9 Å². The first-order chi connectivity index (χ1) is 19.2. The van der Waals surface area contributed by atoms with Crippen LogP contribution < -0.4 is 20.5 Å². The zero-order valence-electron chi connectivity index (χ0n) is 24.5. The Morgan fingerprint density at radius 3 is 2.58 bits per heavy atom. The summed E-state index contributed by atoms with van der Waals surface area (Å²) in [7, 11) is 1.63. The average molecular weight is 560 g/mol. The van der Waals surface area contributed by atoms with E-state index in [1.165, 1.54) is 6.92 Å². The molecule has 11 heteroatoms. The Kier molecular flexibility index (Phi) is 14.0. The van der Waals surface area contributed by atoms with Crippen molar-refractivity contribution in [3.63, 3.8) is 0 Å². The lowest BCUT2D eigenvalue weighted by atomic mass is 10.0. The summed E-state index contributed by atoms with van der Waals surface area (Å²) in [5, 5.41) is 12.4. The van der Waals surface area contributed by atoms with Crippen LogP contribution in [-0.4, -0.2) is 77.9 Å². The molecule has 0 aliphatic rings. The second kappa shape index (κ2) is 17.2. The fraction of sp³-hybridized carbons (Fsp3) is 0.586. The third-order valence-electron chi connectivity index (χ3n) is 6.58. The van der Waals surface area contributed by atoms with E-state index in [2.05, 4.69) is 27.1 Å². The number of benzene rings is 1. The average Bonchev–Trinajstić information content (AvgIpc) is 2.90. The Labute approximate surface area is 237 Å². The summed E-state index contributed by atoms with van der Waals surface area (Å²) < 4.78 is 16.8. The molecule has 40 heavy (non-hydrogen) atoms. The maximum Gasteiger partial charge on any atom is 0.304 e. The van der Waals surface area contributed by atoms with E-state index in [1.807, 2.05) is 32.0 Å². The number of nitrogens with two attached hydrogens (primary N) is 1. The number of carbonyl (C=O) groups excluding carboxylic acids is 1. The summed E-state index contributed by atoms with van der Waals surface area (Å²) >= 11 is 0. The highest BCUT2D eigenvalue weighted by atomic mass is 16.5. The molecule has 0 amide bonds. The number of nitrogens with one attached hydrogen (secondary N) is 1. The highest BCUT2D eigenvalue weighted by molar-refractivity contribution is 5.67. The first kappa shape index (κ1) is 32.6. The largest absolute Gasteiger partial charge is 0.496 e. The van der Waals surface area contributed by atoms with Crippen LogP contribution in [0.4, 0.5) is 11.8 Å². The van der Waals surface area contributed by atoms with Gasteiger partial charge in [-0.15, -0.1) is 0 Å². The molecular weight excluding hydrogens is 514 g/mol. The number of carboxylic acid groups (broad SMARTS) is 1. The van der Waals surface area contributed by atoms with E-state index in [0.29, 0.717) is 49.9 Å². The SMILES string of the molecule is CCCC(CCOC(C)=O)Nc1nc(N)nc(C)c1Cc1ccc(OCCCN(CC)CCC(=O)O)cc1OC. The zero-order chi connectivity index (χ0) is 29.5. The molecule has 222 valence electrons. The van der Waals surface area contributed by atoms with E-state index in [9.17, 15) is 9.59 Å². The lowest BCUT2D eigenvalue weighted by molar-refractivity contribution is -0.141. The molecule has 0 aliphatic carbocycles. The summed E-state index contributed by atoms with van der Waals surface area (Å²) in [6.45, 7) is 10.4. The van der Waals surface area contributed by atoms with E-state index in [4.69, 9.17) is 25.1 Å². The number of carboxylic acids is 1. The molecule has 0 spiro atoms. The van der Waals surface area contributed by atoms with Crippen LogP contribution in [-0.2, 0) is 20.7 Å². The minimum absolute atomic E-state index is 0.0576. The van der Waals surface area contributed by atoms with Crippen LogP contribution >= 0.6 is 0 Å². The van der Waals surface area contributed by atoms with Gasteiger partial charge in [-0.3, -0.25) is 9.59 Å². The molecule has 0 saturated heterocycles. The highest BCUT2D eigenvalue weighted by Gasteiger charge is 2.18. The van der Waals surface area contributed by atoms with Crippen molar-refractivity contribution in [2.75, 3.05) is 51.0 Å². The van der Waals surface area contributed by atoms with Gasteiger partial charge < -0.3 is 35.3 Å². The lowest BCUT2D eigenvalue weighted by Gasteiger charge is -2.22. The van der Waals surface area contributed by atoms with Crippen molar-refractivity contribution >= 4 is 23.7 Å². The number of nitrogen functional groups attached to an aromatic ring is 1. The molecular formula is C29H45N5O6. The van der Waals surface area contributed by atoms with Gasteiger partial charge >= 0.3 is 11.9 Å². The maximum atomic E-state index is 11.2. The van der Waals surface area contributed by atoms with Gasteiger partial charge in [0.15, 0.2) is 0 Å². The van der Waals surface area contributed by atoms with E-state index >= 15 is 0 Å². The van der Waals surface area contributed by atoms with Crippen molar-refractivity contribution in [2.45, 2.75) is 72.3 Å². The predicted molar refractivity (Wildman–Crippen MR) is 155 cm³/mol. The number of aryl methyl sites for hydroxylation is 1. The molecule has 1 aromatic heterocycles. The number of carbonyl (C=O) groups is 2. The van der Waals surface area contributed by atoms with Gasteiger partial charge in [0, 0.05) is 56.2 Å². The second-order valence-electron chi connectivity index (χ2n) is 9.68. The first-order valence-electron chi connectivity index (χ1n) is 13.9. The Balaban J connectivity index is 2.11. The van der Waals surface area contributed by atoms with E-state index < -0.39 is 5.97 Å². The van der Waals surface area contributed by atoms with Crippen molar-refractivity contribution in [2.24, 2.45) is 0 Å². The molecule has 1 atom stereocenters. The Bertz CT molecular complexity index is 1100. The number of esters is 1. The first-order valence-corrected chi connectivity index (χ1v) is 13.9. The second-order valence-corrected chi connectivity index (χ2v) is 9.68. The minimum Gasteiger partial charge on any atom is -0.496 e. The summed E-state index contributed by atoms with van der Waals surface area (Å²) in [5.74, 6) is 1.17. The fourth-order valence-electron chi connectivity index (χ4n) is 4.44. The van der Waals surface area contributed by atoms with Gasteiger partial charge in [0.2, 0.25) is 5.95 Å². The molecule has 0 bridgehead atoms. The summed E-state index contributed by atoms with van der Waals surface area (Å²) in [6, 6.07) is 5.82. The molecule has 0 radical (unpaired) electrons. The van der Waals surface area contributed by atoms with Crippen LogP contribution in [0, 0.1) is 6.92 Å². The highest BCUT2D eigenvalue weighted by Crippen LogP contribution is 2.30. The molecule has 1 aromatic carbocycles. The van der Waals surface area contributed by atoms with Crippen molar-refractivity contribution in [3.05, 3.63) is 35.0 Å².